The Kier molecular flexibility index (Phi) is 1.64. The molecule has 0 bridgehead atoms. The van der Waals surface area contributed by atoms with Crippen molar-refractivity contribution in [3.05, 3.63) is 18.2 Å². The highest BCUT2D eigenvalue weighted by Gasteiger charge is 2.32. The van der Waals surface area contributed by atoms with Crippen molar-refractivity contribution in [3.8, 4) is 0 Å². The lowest BCUT2D eigenvalue weighted by Crippen LogP contribution is -2.05. The first-order valence-electron chi connectivity index (χ1n) is 4.25. The fourth-order valence-electron chi connectivity index (χ4n) is 1.24. The first-order valence-corrected chi connectivity index (χ1v) is 4.25. The second kappa shape index (κ2) is 2.66. The van der Waals surface area contributed by atoms with Crippen molar-refractivity contribution in [2.45, 2.75) is 19.4 Å². The van der Waals surface area contributed by atoms with Gasteiger partial charge < -0.3 is 11.1 Å². The van der Waals surface area contributed by atoms with Crippen LogP contribution in [0.2, 0.25) is 0 Å². The van der Waals surface area contributed by atoms with Crippen LogP contribution in [0.15, 0.2) is 18.2 Å². The highest BCUT2D eigenvalue weighted by Crippen LogP contribution is 2.32. The van der Waals surface area contributed by atoms with Crippen LogP contribution < -0.4 is 11.1 Å². The van der Waals surface area contributed by atoms with Gasteiger partial charge in [0.2, 0.25) is 0 Å². The second-order valence-electron chi connectivity index (χ2n) is 3.41. The number of pyridine rings is 1. The van der Waals surface area contributed by atoms with Gasteiger partial charge >= 0.3 is 0 Å². The lowest BCUT2D eigenvalue weighted by molar-refractivity contribution is 0.924. The summed E-state index contributed by atoms with van der Waals surface area (Å²) in [5.74, 6) is 2.26. The number of anilines is 2. The van der Waals surface area contributed by atoms with Crippen molar-refractivity contribution in [1.29, 1.82) is 0 Å². The van der Waals surface area contributed by atoms with Crippen molar-refractivity contribution in [3.63, 3.8) is 0 Å². The Morgan fingerprint density at radius 3 is 2.92 bits per heavy atom. The molecule has 2 unspecified atom stereocenters. The van der Waals surface area contributed by atoms with Gasteiger partial charge in [-0.25, -0.2) is 4.98 Å². The van der Waals surface area contributed by atoms with Crippen LogP contribution in [-0.4, -0.2) is 11.0 Å². The van der Waals surface area contributed by atoms with Gasteiger partial charge in [0.1, 0.15) is 11.6 Å². The maximum absolute atomic E-state index is 5.54. The van der Waals surface area contributed by atoms with Crippen LogP contribution in [0.25, 0.3) is 0 Å². The molecule has 0 spiro atoms. The third-order valence-corrected chi connectivity index (χ3v) is 2.21. The molecule has 12 heavy (non-hydrogen) atoms. The zero-order valence-electron chi connectivity index (χ0n) is 7.12. The first-order chi connectivity index (χ1) is 5.75. The van der Waals surface area contributed by atoms with E-state index in [1.54, 1.807) is 6.07 Å². The third-order valence-electron chi connectivity index (χ3n) is 2.21. The lowest BCUT2D eigenvalue weighted by Gasteiger charge is -2.03. The van der Waals surface area contributed by atoms with E-state index in [1.165, 1.54) is 6.42 Å². The van der Waals surface area contributed by atoms with Gasteiger partial charge in [-0.3, -0.25) is 0 Å². The molecule has 1 aromatic rings. The predicted molar refractivity (Wildman–Crippen MR) is 49.8 cm³/mol. The average molecular weight is 163 g/mol. The van der Waals surface area contributed by atoms with Gasteiger partial charge in [0, 0.05) is 6.04 Å². The summed E-state index contributed by atoms with van der Waals surface area (Å²) in [6.07, 6.45) is 1.25. The highest BCUT2D eigenvalue weighted by atomic mass is 15.1. The van der Waals surface area contributed by atoms with Gasteiger partial charge in [-0.2, -0.15) is 0 Å². The van der Waals surface area contributed by atoms with E-state index in [9.17, 15) is 0 Å². The molecule has 1 saturated carbocycles. The number of nitrogens with zero attached hydrogens (tertiary/aromatic N) is 1. The third kappa shape index (κ3) is 1.49. The fourth-order valence-corrected chi connectivity index (χ4v) is 1.24. The van der Waals surface area contributed by atoms with Gasteiger partial charge in [0.15, 0.2) is 0 Å². The monoisotopic (exact) mass is 163 g/mol. The van der Waals surface area contributed by atoms with Crippen LogP contribution in [-0.2, 0) is 0 Å². The first kappa shape index (κ1) is 7.40. The molecular formula is C9H13N3. The summed E-state index contributed by atoms with van der Waals surface area (Å²) >= 11 is 0. The SMILES string of the molecule is CC1CC1Nc1cccc(N)n1. The van der Waals surface area contributed by atoms with Crippen LogP contribution in [0, 0.1) is 5.92 Å². The molecule has 0 radical (unpaired) electrons. The number of nitrogens with one attached hydrogen (secondary N) is 1. The Labute approximate surface area is 72.0 Å². The molecule has 1 heterocycles. The fraction of sp³-hybridized carbons (Fsp3) is 0.444. The molecule has 1 aliphatic carbocycles. The van der Waals surface area contributed by atoms with Crippen LogP contribution in [0.3, 0.4) is 0 Å². The molecule has 0 aliphatic heterocycles. The number of nitrogens with two attached hydrogens (primary N) is 1. The van der Waals surface area contributed by atoms with E-state index in [-0.39, 0.29) is 0 Å². The maximum Gasteiger partial charge on any atom is 0.128 e. The van der Waals surface area contributed by atoms with Gasteiger partial charge in [0.25, 0.3) is 0 Å². The smallest absolute Gasteiger partial charge is 0.128 e. The topological polar surface area (TPSA) is 50.9 Å². The standard InChI is InChI=1S/C9H13N3/c1-6-5-7(6)11-9-4-2-3-8(10)12-9/h2-4,6-7H,5H2,1H3,(H3,10,11,12). The largest absolute Gasteiger partial charge is 0.384 e. The van der Waals surface area contributed by atoms with Crippen molar-refractivity contribution in [1.82, 2.24) is 4.98 Å². The molecule has 0 amide bonds. The molecule has 0 saturated heterocycles. The van der Waals surface area contributed by atoms with E-state index in [2.05, 4.69) is 17.2 Å². The second-order valence-corrected chi connectivity index (χ2v) is 3.41. The minimum atomic E-state index is 0.577. The Bertz CT molecular complexity index is 285. The summed E-state index contributed by atoms with van der Waals surface area (Å²) < 4.78 is 0. The molecule has 2 rings (SSSR count). The summed E-state index contributed by atoms with van der Waals surface area (Å²) in [6, 6.07) is 6.26. The lowest BCUT2D eigenvalue weighted by atomic mass is 10.4. The Morgan fingerprint density at radius 2 is 2.33 bits per heavy atom. The molecule has 3 N–H and O–H groups in total. The molecule has 3 nitrogen and oxygen atoms in total. The number of rotatable bonds is 2. The molecule has 2 atom stereocenters. The predicted octanol–water partition coefficient (Wildman–Crippen LogP) is 1.48. The van der Waals surface area contributed by atoms with Crippen LogP contribution in [0.5, 0.6) is 0 Å². The van der Waals surface area contributed by atoms with Gasteiger partial charge in [-0.05, 0) is 24.5 Å². The molecule has 1 aromatic heterocycles. The van der Waals surface area contributed by atoms with E-state index in [0.29, 0.717) is 11.9 Å². The van der Waals surface area contributed by atoms with Crippen molar-refractivity contribution >= 4 is 11.6 Å². The highest BCUT2D eigenvalue weighted by molar-refractivity contribution is 5.43. The minimum absolute atomic E-state index is 0.577. The Hall–Kier alpha value is -1.25. The molecule has 1 fully saturated rings. The molecule has 1 aliphatic rings. The van der Waals surface area contributed by atoms with E-state index in [4.69, 9.17) is 5.73 Å². The quantitative estimate of drug-likeness (QED) is 0.694. The summed E-state index contributed by atoms with van der Waals surface area (Å²) in [5, 5.41) is 3.32. The van der Waals surface area contributed by atoms with E-state index in [0.717, 1.165) is 11.7 Å². The maximum atomic E-state index is 5.54. The van der Waals surface area contributed by atoms with E-state index >= 15 is 0 Å². The molecular weight excluding hydrogens is 150 g/mol. The number of hydrogen-bond acceptors (Lipinski definition) is 3. The molecule has 64 valence electrons. The zero-order chi connectivity index (χ0) is 8.55. The van der Waals surface area contributed by atoms with Crippen LogP contribution in [0.4, 0.5) is 11.6 Å². The van der Waals surface area contributed by atoms with E-state index < -0.39 is 0 Å². The Morgan fingerprint density at radius 1 is 1.58 bits per heavy atom. The zero-order valence-corrected chi connectivity index (χ0v) is 7.12. The summed E-state index contributed by atoms with van der Waals surface area (Å²) in [7, 11) is 0. The number of aromatic nitrogens is 1. The minimum Gasteiger partial charge on any atom is -0.384 e. The van der Waals surface area contributed by atoms with Gasteiger partial charge in [-0.15, -0.1) is 0 Å². The van der Waals surface area contributed by atoms with Crippen LogP contribution >= 0.6 is 0 Å². The van der Waals surface area contributed by atoms with Crippen molar-refractivity contribution < 1.29 is 0 Å². The van der Waals surface area contributed by atoms with Gasteiger partial charge in [-0.1, -0.05) is 13.0 Å². The normalized spacial score (nSPS) is 26.8. The number of hydrogen-bond donors (Lipinski definition) is 2. The van der Waals surface area contributed by atoms with Crippen molar-refractivity contribution in [2.75, 3.05) is 11.1 Å². The molecule has 3 heteroatoms. The van der Waals surface area contributed by atoms with Gasteiger partial charge in [0.05, 0.1) is 0 Å². The number of nitrogen functional groups attached to an aromatic ring is 1. The summed E-state index contributed by atoms with van der Waals surface area (Å²) in [4.78, 5) is 4.15. The van der Waals surface area contributed by atoms with Crippen LogP contribution in [0.1, 0.15) is 13.3 Å². The molecule has 0 aromatic carbocycles. The summed E-state index contributed by atoms with van der Waals surface area (Å²) in [6.45, 7) is 2.23. The average Bonchev–Trinajstić information content (AvgIpc) is 2.66. The van der Waals surface area contributed by atoms with E-state index in [1.807, 2.05) is 12.1 Å². The summed E-state index contributed by atoms with van der Waals surface area (Å²) in [5.41, 5.74) is 5.54. The Balaban J connectivity index is 2.03. The van der Waals surface area contributed by atoms with Crippen molar-refractivity contribution in [2.24, 2.45) is 5.92 Å².